The number of rotatable bonds is 7. The Morgan fingerprint density at radius 2 is 2.07 bits per heavy atom. The van der Waals surface area contributed by atoms with E-state index in [9.17, 15) is 0 Å². The van der Waals surface area contributed by atoms with E-state index in [0.29, 0.717) is 19.3 Å². The van der Waals surface area contributed by atoms with E-state index in [1.165, 1.54) is 6.42 Å². The molecule has 1 aliphatic heterocycles. The molecule has 0 aromatic carbocycles. The molecule has 0 unspecified atom stereocenters. The van der Waals surface area contributed by atoms with E-state index in [-0.39, 0.29) is 6.29 Å². The second-order valence-electron chi connectivity index (χ2n) is 3.44. The molecule has 1 rings (SSSR count). The summed E-state index contributed by atoms with van der Waals surface area (Å²) < 4.78 is 10.9. The van der Waals surface area contributed by atoms with Crippen LogP contribution in [-0.4, -0.2) is 45.2 Å². The lowest BCUT2D eigenvalue weighted by Gasteiger charge is -2.19. The van der Waals surface area contributed by atoms with Crippen molar-refractivity contribution in [3.63, 3.8) is 0 Å². The Hall–Kier alpha value is -0.160. The minimum atomic E-state index is -0.0920. The fourth-order valence-electron chi connectivity index (χ4n) is 1.63. The molecule has 0 saturated carbocycles. The van der Waals surface area contributed by atoms with Crippen molar-refractivity contribution in [2.45, 2.75) is 32.6 Å². The van der Waals surface area contributed by atoms with Gasteiger partial charge in [-0.15, -0.1) is 0 Å². The molecule has 0 spiro atoms. The van der Waals surface area contributed by atoms with E-state index in [0.717, 1.165) is 19.6 Å². The monoisotopic (exact) mass is 202 g/mol. The lowest BCUT2D eigenvalue weighted by Crippen LogP contribution is -2.39. The molecule has 0 amide bonds. The largest absolute Gasteiger partial charge is 0.352 e. The van der Waals surface area contributed by atoms with E-state index < -0.39 is 0 Å². The zero-order chi connectivity index (χ0) is 10.2. The number of nitrogens with one attached hydrogen (secondary N) is 2. The van der Waals surface area contributed by atoms with Crippen molar-refractivity contribution in [2.75, 3.05) is 32.8 Å². The molecule has 84 valence electrons. The van der Waals surface area contributed by atoms with Gasteiger partial charge in [-0.3, -0.25) is 0 Å². The van der Waals surface area contributed by atoms with Crippen LogP contribution in [0.1, 0.15) is 20.3 Å². The fraction of sp³-hybridized carbons (Fsp3) is 1.00. The second kappa shape index (κ2) is 7.17. The Morgan fingerprint density at radius 3 is 2.57 bits per heavy atom. The molecule has 0 aliphatic carbocycles. The highest BCUT2D eigenvalue weighted by atomic mass is 16.7. The maximum Gasteiger partial charge on any atom is 0.169 e. The molecule has 0 aromatic rings. The molecular weight excluding hydrogens is 180 g/mol. The molecule has 0 aromatic heterocycles. The summed E-state index contributed by atoms with van der Waals surface area (Å²) in [5.74, 6) is 0. The molecule has 14 heavy (non-hydrogen) atoms. The fourth-order valence-corrected chi connectivity index (χ4v) is 1.63. The van der Waals surface area contributed by atoms with Gasteiger partial charge in [-0.05, 0) is 26.8 Å². The molecule has 0 bridgehead atoms. The first-order valence-electron chi connectivity index (χ1n) is 5.54. The standard InChI is InChI=1S/C10H22N2O2/c1-3-13-10(14-4-2)8-12-9-5-6-11-7-9/h9-12H,3-8H2,1-2H3/t9-/m1/s1. The van der Waals surface area contributed by atoms with Crippen LogP contribution in [0.5, 0.6) is 0 Å². The third kappa shape index (κ3) is 4.37. The van der Waals surface area contributed by atoms with E-state index in [4.69, 9.17) is 9.47 Å². The molecule has 1 heterocycles. The van der Waals surface area contributed by atoms with Crippen molar-refractivity contribution in [3.05, 3.63) is 0 Å². The van der Waals surface area contributed by atoms with E-state index in [2.05, 4.69) is 10.6 Å². The lowest BCUT2D eigenvalue weighted by molar-refractivity contribution is -0.133. The number of hydrogen-bond donors (Lipinski definition) is 2. The Kier molecular flexibility index (Phi) is 6.10. The van der Waals surface area contributed by atoms with Crippen molar-refractivity contribution in [3.8, 4) is 0 Å². The summed E-state index contributed by atoms with van der Waals surface area (Å²) in [5, 5.41) is 6.75. The topological polar surface area (TPSA) is 42.5 Å². The maximum atomic E-state index is 5.44. The Balaban J connectivity index is 2.10. The number of hydrogen-bond acceptors (Lipinski definition) is 4. The summed E-state index contributed by atoms with van der Waals surface area (Å²) in [6.45, 7) is 8.35. The van der Waals surface area contributed by atoms with Gasteiger partial charge in [0.2, 0.25) is 0 Å². The van der Waals surface area contributed by atoms with Gasteiger partial charge in [0.25, 0.3) is 0 Å². The van der Waals surface area contributed by atoms with Crippen molar-refractivity contribution in [2.24, 2.45) is 0 Å². The summed E-state index contributed by atoms with van der Waals surface area (Å²) in [5.41, 5.74) is 0. The SMILES string of the molecule is CCOC(CN[C@@H]1CCNC1)OCC. The third-order valence-corrected chi connectivity index (χ3v) is 2.34. The quantitative estimate of drug-likeness (QED) is 0.584. The minimum Gasteiger partial charge on any atom is -0.352 e. The average Bonchev–Trinajstić information content (AvgIpc) is 2.67. The molecular formula is C10H22N2O2. The van der Waals surface area contributed by atoms with Crippen molar-refractivity contribution >= 4 is 0 Å². The highest BCUT2D eigenvalue weighted by molar-refractivity contribution is 4.77. The highest BCUT2D eigenvalue weighted by Gasteiger charge is 2.16. The maximum absolute atomic E-state index is 5.44. The van der Waals surface area contributed by atoms with Crippen LogP contribution >= 0.6 is 0 Å². The summed E-state index contributed by atoms with van der Waals surface area (Å²) in [7, 11) is 0. The first kappa shape index (κ1) is 11.9. The predicted molar refractivity (Wildman–Crippen MR) is 56.3 cm³/mol. The molecule has 1 atom stereocenters. The summed E-state index contributed by atoms with van der Waals surface area (Å²) in [6, 6.07) is 0.582. The van der Waals surface area contributed by atoms with Gasteiger partial charge in [0.15, 0.2) is 6.29 Å². The molecule has 1 fully saturated rings. The first-order chi connectivity index (χ1) is 6.86. The van der Waals surface area contributed by atoms with Gasteiger partial charge in [0.05, 0.1) is 0 Å². The molecule has 1 saturated heterocycles. The molecule has 1 aliphatic rings. The Bertz CT molecular complexity index is 132. The van der Waals surface area contributed by atoms with Crippen molar-refractivity contribution in [1.82, 2.24) is 10.6 Å². The summed E-state index contributed by atoms with van der Waals surface area (Å²) >= 11 is 0. The Labute approximate surface area is 86.3 Å². The normalized spacial score (nSPS) is 22.1. The van der Waals surface area contributed by atoms with Crippen LogP contribution < -0.4 is 10.6 Å². The summed E-state index contributed by atoms with van der Waals surface area (Å²) in [6.07, 6.45) is 1.11. The predicted octanol–water partition coefficient (Wildman–Crippen LogP) is 0.337. The third-order valence-electron chi connectivity index (χ3n) is 2.34. The van der Waals surface area contributed by atoms with Gasteiger partial charge >= 0.3 is 0 Å². The van der Waals surface area contributed by atoms with Gasteiger partial charge in [0, 0.05) is 32.3 Å². The lowest BCUT2D eigenvalue weighted by atomic mass is 10.2. The smallest absolute Gasteiger partial charge is 0.169 e. The molecule has 0 radical (unpaired) electrons. The van der Waals surface area contributed by atoms with Gasteiger partial charge in [-0.1, -0.05) is 0 Å². The van der Waals surface area contributed by atoms with Crippen LogP contribution in [0.25, 0.3) is 0 Å². The van der Waals surface area contributed by atoms with Crippen LogP contribution in [0, 0.1) is 0 Å². The molecule has 2 N–H and O–H groups in total. The zero-order valence-electron chi connectivity index (χ0n) is 9.21. The Morgan fingerprint density at radius 1 is 1.36 bits per heavy atom. The van der Waals surface area contributed by atoms with E-state index in [1.54, 1.807) is 0 Å². The van der Waals surface area contributed by atoms with Crippen LogP contribution in [-0.2, 0) is 9.47 Å². The van der Waals surface area contributed by atoms with Gasteiger partial charge < -0.3 is 20.1 Å². The van der Waals surface area contributed by atoms with Crippen molar-refractivity contribution < 1.29 is 9.47 Å². The second-order valence-corrected chi connectivity index (χ2v) is 3.44. The zero-order valence-corrected chi connectivity index (χ0v) is 9.21. The van der Waals surface area contributed by atoms with Gasteiger partial charge in [-0.25, -0.2) is 0 Å². The molecule has 4 nitrogen and oxygen atoms in total. The van der Waals surface area contributed by atoms with Gasteiger partial charge in [-0.2, -0.15) is 0 Å². The van der Waals surface area contributed by atoms with E-state index in [1.807, 2.05) is 13.8 Å². The van der Waals surface area contributed by atoms with Crippen LogP contribution in [0.4, 0.5) is 0 Å². The van der Waals surface area contributed by atoms with Crippen molar-refractivity contribution in [1.29, 1.82) is 0 Å². The number of ether oxygens (including phenoxy) is 2. The molecule has 4 heteroatoms. The average molecular weight is 202 g/mol. The minimum absolute atomic E-state index is 0.0920. The van der Waals surface area contributed by atoms with Crippen LogP contribution in [0.2, 0.25) is 0 Å². The summed E-state index contributed by atoms with van der Waals surface area (Å²) in [4.78, 5) is 0. The first-order valence-corrected chi connectivity index (χ1v) is 5.54. The van der Waals surface area contributed by atoms with Gasteiger partial charge in [0.1, 0.15) is 0 Å². The highest BCUT2D eigenvalue weighted by Crippen LogP contribution is 1.99. The van der Waals surface area contributed by atoms with E-state index >= 15 is 0 Å². The van der Waals surface area contributed by atoms with Crippen LogP contribution in [0.15, 0.2) is 0 Å². The van der Waals surface area contributed by atoms with Crippen LogP contribution in [0.3, 0.4) is 0 Å².